The van der Waals surface area contributed by atoms with Crippen LogP contribution < -0.4 is 10.6 Å². The van der Waals surface area contributed by atoms with Crippen LogP contribution in [0.2, 0.25) is 0 Å². The van der Waals surface area contributed by atoms with Crippen molar-refractivity contribution in [2.45, 2.75) is 32.0 Å². The third kappa shape index (κ3) is 3.73. The van der Waals surface area contributed by atoms with Gasteiger partial charge in [-0.15, -0.1) is 0 Å². The molecule has 1 aliphatic heterocycles. The standard InChI is InChI=1S/C19H19N5O4/c25-17(20-10-16-21-13-5-1-2-6-14(13)22-16)8-7-15-18(26)24(19(27)23-15)11-12-4-3-9-28-12/h1-6,9,15H,7-8,10-11H2,(H,20,25)(H,21,22)(H,23,27)/t15-/m0/s1. The number of imidazole rings is 1. The fraction of sp³-hybridized carbons (Fsp3) is 0.263. The Morgan fingerprint density at radius 2 is 2.07 bits per heavy atom. The lowest BCUT2D eigenvalue weighted by molar-refractivity contribution is -0.128. The number of amides is 4. The molecule has 144 valence electrons. The van der Waals surface area contributed by atoms with Crippen LogP contribution in [0.5, 0.6) is 0 Å². The minimum atomic E-state index is -0.709. The summed E-state index contributed by atoms with van der Waals surface area (Å²) in [6, 6.07) is 9.81. The number of benzene rings is 1. The molecule has 0 bridgehead atoms. The van der Waals surface area contributed by atoms with Gasteiger partial charge in [-0.2, -0.15) is 0 Å². The number of furan rings is 1. The van der Waals surface area contributed by atoms with E-state index in [1.807, 2.05) is 24.3 Å². The van der Waals surface area contributed by atoms with Crippen molar-refractivity contribution < 1.29 is 18.8 Å². The maximum Gasteiger partial charge on any atom is 0.325 e. The number of aromatic amines is 1. The van der Waals surface area contributed by atoms with Crippen LogP contribution in [0, 0.1) is 0 Å². The average molecular weight is 381 g/mol. The van der Waals surface area contributed by atoms with Crippen LogP contribution >= 0.6 is 0 Å². The average Bonchev–Trinajstić information content (AvgIpc) is 3.40. The van der Waals surface area contributed by atoms with Crippen LogP contribution in [0.15, 0.2) is 47.1 Å². The molecule has 3 heterocycles. The normalized spacial score (nSPS) is 16.6. The molecule has 1 aliphatic rings. The molecule has 1 aromatic carbocycles. The minimum Gasteiger partial charge on any atom is -0.467 e. The highest BCUT2D eigenvalue weighted by molar-refractivity contribution is 6.04. The van der Waals surface area contributed by atoms with Gasteiger partial charge < -0.3 is 20.0 Å². The maximum atomic E-state index is 12.4. The largest absolute Gasteiger partial charge is 0.467 e. The number of carbonyl (C=O) groups is 3. The van der Waals surface area contributed by atoms with Gasteiger partial charge in [0.1, 0.15) is 17.6 Å². The molecule has 9 heteroatoms. The van der Waals surface area contributed by atoms with Gasteiger partial charge in [-0.25, -0.2) is 9.78 Å². The Hall–Kier alpha value is -3.62. The molecule has 3 aromatic rings. The van der Waals surface area contributed by atoms with Crippen LogP contribution in [0.3, 0.4) is 0 Å². The Morgan fingerprint density at radius 1 is 1.21 bits per heavy atom. The predicted molar refractivity (Wildman–Crippen MR) is 98.8 cm³/mol. The summed E-state index contributed by atoms with van der Waals surface area (Å²) >= 11 is 0. The number of imide groups is 1. The summed E-state index contributed by atoms with van der Waals surface area (Å²) in [7, 11) is 0. The molecule has 1 saturated heterocycles. The van der Waals surface area contributed by atoms with Gasteiger partial charge in [-0.3, -0.25) is 14.5 Å². The number of fused-ring (bicyclic) bond motifs is 1. The summed E-state index contributed by atoms with van der Waals surface area (Å²) in [6.45, 7) is 0.343. The van der Waals surface area contributed by atoms with Crippen molar-refractivity contribution in [1.82, 2.24) is 25.5 Å². The highest BCUT2D eigenvalue weighted by atomic mass is 16.3. The Bertz CT molecular complexity index is 977. The first-order valence-electron chi connectivity index (χ1n) is 8.95. The molecular formula is C19H19N5O4. The molecule has 1 atom stereocenters. The number of H-pyrrole nitrogens is 1. The van der Waals surface area contributed by atoms with E-state index in [-0.39, 0.29) is 37.7 Å². The van der Waals surface area contributed by atoms with E-state index < -0.39 is 12.1 Å². The molecule has 0 radical (unpaired) electrons. The van der Waals surface area contributed by atoms with Crippen LogP contribution in [0.4, 0.5) is 4.79 Å². The number of nitrogens with zero attached hydrogens (tertiary/aromatic N) is 2. The molecule has 0 saturated carbocycles. The second-order valence-corrected chi connectivity index (χ2v) is 6.52. The lowest BCUT2D eigenvalue weighted by atomic mass is 10.1. The van der Waals surface area contributed by atoms with E-state index >= 15 is 0 Å². The van der Waals surface area contributed by atoms with E-state index in [9.17, 15) is 14.4 Å². The Kier molecular flexibility index (Phi) is 4.79. The second-order valence-electron chi connectivity index (χ2n) is 6.52. The summed E-state index contributed by atoms with van der Waals surface area (Å²) in [5, 5.41) is 5.38. The van der Waals surface area contributed by atoms with Crippen molar-refractivity contribution in [2.75, 3.05) is 0 Å². The Labute approximate surface area is 160 Å². The molecule has 0 unspecified atom stereocenters. The molecule has 0 aliphatic carbocycles. The van der Waals surface area contributed by atoms with Crippen molar-refractivity contribution in [2.24, 2.45) is 0 Å². The van der Waals surface area contributed by atoms with Crippen LogP contribution in [-0.4, -0.2) is 38.8 Å². The molecule has 3 N–H and O–H groups in total. The number of hydrogen-bond acceptors (Lipinski definition) is 5. The van der Waals surface area contributed by atoms with E-state index in [0.29, 0.717) is 11.6 Å². The van der Waals surface area contributed by atoms with Gasteiger partial charge in [-0.1, -0.05) is 12.1 Å². The highest BCUT2D eigenvalue weighted by Crippen LogP contribution is 2.15. The summed E-state index contributed by atoms with van der Waals surface area (Å²) < 4.78 is 5.17. The number of para-hydroxylation sites is 2. The van der Waals surface area contributed by atoms with Crippen molar-refractivity contribution in [3.05, 3.63) is 54.2 Å². The molecule has 1 fully saturated rings. The highest BCUT2D eigenvalue weighted by Gasteiger charge is 2.38. The SMILES string of the molecule is O=C(CC[C@@H]1NC(=O)N(Cc2ccco2)C1=O)NCc1nc2ccccc2[nH]1. The van der Waals surface area contributed by atoms with Crippen molar-refractivity contribution in [3.63, 3.8) is 0 Å². The van der Waals surface area contributed by atoms with Gasteiger partial charge in [0.2, 0.25) is 5.91 Å². The quantitative estimate of drug-likeness (QED) is 0.538. The zero-order valence-electron chi connectivity index (χ0n) is 15.0. The zero-order valence-corrected chi connectivity index (χ0v) is 15.0. The van der Waals surface area contributed by atoms with E-state index in [4.69, 9.17) is 4.42 Å². The third-order valence-corrected chi connectivity index (χ3v) is 4.55. The molecule has 0 spiro atoms. The van der Waals surface area contributed by atoms with Gasteiger partial charge in [0.25, 0.3) is 5.91 Å². The van der Waals surface area contributed by atoms with Gasteiger partial charge in [-0.05, 0) is 30.7 Å². The molecule has 2 aromatic heterocycles. The van der Waals surface area contributed by atoms with Gasteiger partial charge in [0.15, 0.2) is 0 Å². The molecular weight excluding hydrogens is 362 g/mol. The fourth-order valence-electron chi connectivity index (χ4n) is 3.12. The monoisotopic (exact) mass is 381 g/mol. The zero-order chi connectivity index (χ0) is 19.5. The summed E-state index contributed by atoms with van der Waals surface area (Å²) in [4.78, 5) is 45.1. The maximum absolute atomic E-state index is 12.4. The third-order valence-electron chi connectivity index (χ3n) is 4.55. The van der Waals surface area contributed by atoms with Gasteiger partial charge >= 0.3 is 6.03 Å². The molecule has 28 heavy (non-hydrogen) atoms. The lowest BCUT2D eigenvalue weighted by Gasteiger charge is -2.11. The number of rotatable bonds is 7. The topological polar surface area (TPSA) is 120 Å². The molecule has 9 nitrogen and oxygen atoms in total. The first-order chi connectivity index (χ1) is 13.6. The smallest absolute Gasteiger partial charge is 0.325 e. The summed E-state index contributed by atoms with van der Waals surface area (Å²) in [6.07, 6.45) is 1.83. The van der Waals surface area contributed by atoms with Crippen molar-refractivity contribution in [1.29, 1.82) is 0 Å². The van der Waals surface area contributed by atoms with E-state index in [2.05, 4.69) is 20.6 Å². The first kappa shape index (κ1) is 17.8. The van der Waals surface area contributed by atoms with Crippen LogP contribution in [-0.2, 0) is 22.7 Å². The second kappa shape index (κ2) is 7.55. The number of nitrogens with one attached hydrogen (secondary N) is 3. The number of hydrogen-bond donors (Lipinski definition) is 3. The van der Waals surface area contributed by atoms with Gasteiger partial charge in [0.05, 0.1) is 30.4 Å². The number of urea groups is 1. The first-order valence-corrected chi connectivity index (χ1v) is 8.95. The van der Waals surface area contributed by atoms with Crippen molar-refractivity contribution in [3.8, 4) is 0 Å². The molecule has 4 amide bonds. The Morgan fingerprint density at radius 3 is 2.86 bits per heavy atom. The summed E-state index contributed by atoms with van der Waals surface area (Å²) in [5.41, 5.74) is 1.74. The van der Waals surface area contributed by atoms with Gasteiger partial charge in [0, 0.05) is 6.42 Å². The predicted octanol–water partition coefficient (Wildman–Crippen LogP) is 1.67. The van der Waals surface area contributed by atoms with E-state index in [1.165, 1.54) is 6.26 Å². The molecule has 4 rings (SSSR count). The Balaban J connectivity index is 1.26. The fourth-order valence-corrected chi connectivity index (χ4v) is 3.12. The van der Waals surface area contributed by atoms with Crippen LogP contribution in [0.25, 0.3) is 11.0 Å². The minimum absolute atomic E-state index is 0.0758. The summed E-state index contributed by atoms with van der Waals surface area (Å²) in [5.74, 6) is 0.607. The number of aromatic nitrogens is 2. The van der Waals surface area contributed by atoms with E-state index in [0.717, 1.165) is 15.9 Å². The van der Waals surface area contributed by atoms with E-state index in [1.54, 1.807) is 12.1 Å². The lowest BCUT2D eigenvalue weighted by Crippen LogP contribution is -2.32. The van der Waals surface area contributed by atoms with Crippen LogP contribution in [0.1, 0.15) is 24.4 Å². The van der Waals surface area contributed by atoms with Crippen molar-refractivity contribution >= 4 is 28.9 Å². The number of carbonyl (C=O) groups excluding carboxylic acids is 3.